The first kappa shape index (κ1) is 14.5. The number of rotatable bonds is 5. The van der Waals surface area contributed by atoms with Gasteiger partial charge in [-0.05, 0) is 25.1 Å². The van der Waals surface area contributed by atoms with Crippen LogP contribution in [0.25, 0.3) is 0 Å². The first-order valence-electron chi connectivity index (χ1n) is 6.27. The molecule has 2 aromatic rings. The van der Waals surface area contributed by atoms with Crippen LogP contribution in [0, 0.1) is 17.5 Å². The van der Waals surface area contributed by atoms with E-state index >= 15 is 0 Å². The monoisotopic (exact) mass is 281 g/mol. The summed E-state index contributed by atoms with van der Waals surface area (Å²) in [6.45, 7) is 2.54. The predicted molar refractivity (Wildman–Crippen MR) is 68.5 cm³/mol. The molecule has 20 heavy (non-hydrogen) atoms. The molecule has 0 aliphatic rings. The summed E-state index contributed by atoms with van der Waals surface area (Å²) in [4.78, 5) is 7.83. The van der Waals surface area contributed by atoms with E-state index in [1.54, 1.807) is 6.07 Å². The molecule has 1 atom stereocenters. The van der Waals surface area contributed by atoms with E-state index in [4.69, 9.17) is 0 Å². The summed E-state index contributed by atoms with van der Waals surface area (Å²) in [6.07, 6.45) is 3.65. The Kier molecular flexibility index (Phi) is 4.68. The lowest BCUT2D eigenvalue weighted by Crippen LogP contribution is -2.25. The van der Waals surface area contributed by atoms with Crippen molar-refractivity contribution in [2.45, 2.75) is 19.4 Å². The quantitative estimate of drug-likeness (QED) is 0.856. The lowest BCUT2D eigenvalue weighted by atomic mass is 10.0. The number of hydrogen-bond acceptors (Lipinski definition) is 3. The summed E-state index contributed by atoms with van der Waals surface area (Å²) in [5.41, 5.74) is 0.523. The maximum atomic E-state index is 13.9. The number of benzene rings is 1. The van der Waals surface area contributed by atoms with Gasteiger partial charge in [-0.2, -0.15) is 0 Å². The molecule has 0 aliphatic heterocycles. The van der Waals surface area contributed by atoms with Crippen molar-refractivity contribution in [1.82, 2.24) is 15.3 Å². The number of aromatic nitrogens is 2. The second-order valence-electron chi connectivity index (χ2n) is 4.29. The molecule has 0 saturated heterocycles. The largest absolute Gasteiger partial charge is 0.305 e. The van der Waals surface area contributed by atoms with Crippen LogP contribution < -0.4 is 5.32 Å². The van der Waals surface area contributed by atoms with Gasteiger partial charge in [0.2, 0.25) is 0 Å². The van der Waals surface area contributed by atoms with E-state index in [2.05, 4.69) is 15.3 Å². The predicted octanol–water partition coefficient (Wildman–Crippen LogP) is 2.98. The van der Waals surface area contributed by atoms with Gasteiger partial charge >= 0.3 is 0 Å². The summed E-state index contributed by atoms with van der Waals surface area (Å²) in [5.74, 6) is -3.87. The Morgan fingerprint density at radius 3 is 2.60 bits per heavy atom. The normalized spacial score (nSPS) is 12.4. The molecule has 0 bridgehead atoms. The zero-order valence-corrected chi connectivity index (χ0v) is 10.9. The molecular weight excluding hydrogens is 267 g/mol. The number of halogens is 3. The van der Waals surface area contributed by atoms with Gasteiger partial charge in [0.05, 0.1) is 11.7 Å². The molecule has 1 heterocycles. The highest BCUT2D eigenvalue weighted by Gasteiger charge is 2.22. The molecule has 0 saturated carbocycles. The van der Waals surface area contributed by atoms with Crippen molar-refractivity contribution in [1.29, 1.82) is 0 Å². The second kappa shape index (κ2) is 6.47. The van der Waals surface area contributed by atoms with Crippen molar-refractivity contribution < 1.29 is 13.2 Å². The van der Waals surface area contributed by atoms with Gasteiger partial charge in [0.1, 0.15) is 6.33 Å². The minimum atomic E-state index is -1.47. The summed E-state index contributed by atoms with van der Waals surface area (Å²) < 4.78 is 40.3. The van der Waals surface area contributed by atoms with Crippen LogP contribution in [-0.2, 0) is 0 Å². The van der Waals surface area contributed by atoms with Gasteiger partial charge in [-0.15, -0.1) is 0 Å². The second-order valence-corrected chi connectivity index (χ2v) is 4.29. The van der Waals surface area contributed by atoms with Crippen LogP contribution in [0.15, 0.2) is 30.7 Å². The zero-order chi connectivity index (χ0) is 14.5. The van der Waals surface area contributed by atoms with Gasteiger partial charge in [-0.25, -0.2) is 23.1 Å². The SMILES string of the molecule is CCCNC(c1ccncn1)c1ccc(F)c(F)c1F. The minimum Gasteiger partial charge on any atom is -0.305 e. The van der Waals surface area contributed by atoms with Gasteiger partial charge < -0.3 is 5.32 Å². The highest BCUT2D eigenvalue weighted by Crippen LogP contribution is 2.25. The molecule has 0 amide bonds. The highest BCUT2D eigenvalue weighted by molar-refractivity contribution is 5.29. The Morgan fingerprint density at radius 1 is 1.15 bits per heavy atom. The molecular formula is C14H14F3N3. The van der Waals surface area contributed by atoms with Crippen molar-refractivity contribution in [3.05, 3.63) is 59.4 Å². The van der Waals surface area contributed by atoms with E-state index in [1.807, 2.05) is 6.92 Å². The van der Waals surface area contributed by atoms with Crippen molar-refractivity contribution in [2.24, 2.45) is 0 Å². The van der Waals surface area contributed by atoms with Crippen LogP contribution in [0.4, 0.5) is 13.2 Å². The van der Waals surface area contributed by atoms with Gasteiger partial charge in [-0.1, -0.05) is 13.0 Å². The highest BCUT2D eigenvalue weighted by atomic mass is 19.2. The molecule has 1 aromatic carbocycles. The van der Waals surface area contributed by atoms with Crippen molar-refractivity contribution in [2.75, 3.05) is 6.54 Å². The lowest BCUT2D eigenvalue weighted by Gasteiger charge is -2.19. The Labute approximate surface area is 114 Å². The van der Waals surface area contributed by atoms with Gasteiger partial charge in [-0.3, -0.25) is 0 Å². The number of nitrogens with zero attached hydrogens (tertiary/aromatic N) is 2. The Balaban J connectivity index is 2.44. The zero-order valence-electron chi connectivity index (χ0n) is 10.9. The van der Waals surface area contributed by atoms with Gasteiger partial charge in [0.25, 0.3) is 0 Å². The third-order valence-corrected chi connectivity index (χ3v) is 2.88. The topological polar surface area (TPSA) is 37.8 Å². The third-order valence-electron chi connectivity index (χ3n) is 2.88. The van der Waals surface area contributed by atoms with Crippen molar-refractivity contribution in [3.8, 4) is 0 Å². The maximum Gasteiger partial charge on any atom is 0.194 e. The molecule has 1 N–H and O–H groups in total. The fourth-order valence-electron chi connectivity index (χ4n) is 1.90. The van der Waals surface area contributed by atoms with Crippen LogP contribution in [0.1, 0.15) is 30.6 Å². The summed E-state index contributed by atoms with van der Waals surface area (Å²) in [5, 5.41) is 3.07. The van der Waals surface area contributed by atoms with Crippen LogP contribution >= 0.6 is 0 Å². The van der Waals surface area contributed by atoms with Crippen LogP contribution in [0.2, 0.25) is 0 Å². The molecule has 0 fully saturated rings. The average molecular weight is 281 g/mol. The van der Waals surface area contributed by atoms with E-state index in [0.29, 0.717) is 12.2 Å². The van der Waals surface area contributed by atoms with E-state index in [1.165, 1.54) is 18.6 Å². The first-order valence-corrected chi connectivity index (χ1v) is 6.27. The van der Waals surface area contributed by atoms with E-state index in [0.717, 1.165) is 12.5 Å². The fraction of sp³-hybridized carbons (Fsp3) is 0.286. The smallest absolute Gasteiger partial charge is 0.194 e. The summed E-state index contributed by atoms with van der Waals surface area (Å²) in [7, 11) is 0. The van der Waals surface area contributed by atoms with E-state index in [9.17, 15) is 13.2 Å². The van der Waals surface area contributed by atoms with E-state index < -0.39 is 23.5 Å². The van der Waals surface area contributed by atoms with Crippen molar-refractivity contribution in [3.63, 3.8) is 0 Å². The molecule has 6 heteroatoms. The molecule has 1 unspecified atom stereocenters. The standard InChI is InChI=1S/C14H14F3N3/c1-2-6-19-14(11-5-7-18-8-20-11)9-3-4-10(15)13(17)12(9)16/h3-5,7-8,14,19H,2,6H2,1H3. The van der Waals surface area contributed by atoms with Crippen LogP contribution in [0.3, 0.4) is 0 Å². The summed E-state index contributed by atoms with van der Waals surface area (Å²) in [6, 6.07) is 3.10. The molecule has 2 rings (SSSR count). The fourth-order valence-corrected chi connectivity index (χ4v) is 1.90. The summed E-state index contributed by atoms with van der Waals surface area (Å²) >= 11 is 0. The average Bonchev–Trinajstić information content (AvgIpc) is 2.48. The molecule has 3 nitrogen and oxygen atoms in total. The van der Waals surface area contributed by atoms with E-state index in [-0.39, 0.29) is 5.56 Å². The van der Waals surface area contributed by atoms with Crippen LogP contribution in [0.5, 0.6) is 0 Å². The van der Waals surface area contributed by atoms with Gasteiger partial charge in [0, 0.05) is 11.8 Å². The molecule has 0 radical (unpaired) electrons. The molecule has 1 aromatic heterocycles. The first-order chi connectivity index (χ1) is 9.65. The minimum absolute atomic E-state index is 0.0241. The molecule has 0 spiro atoms. The molecule has 0 aliphatic carbocycles. The molecule has 106 valence electrons. The maximum absolute atomic E-state index is 13.9. The van der Waals surface area contributed by atoms with Crippen molar-refractivity contribution >= 4 is 0 Å². The number of nitrogens with one attached hydrogen (secondary N) is 1. The van der Waals surface area contributed by atoms with Gasteiger partial charge in [0.15, 0.2) is 17.5 Å². The Morgan fingerprint density at radius 2 is 1.95 bits per heavy atom. The lowest BCUT2D eigenvalue weighted by molar-refractivity contribution is 0.431. The number of hydrogen-bond donors (Lipinski definition) is 1. The Bertz CT molecular complexity index is 575. The van der Waals surface area contributed by atoms with Crippen LogP contribution in [-0.4, -0.2) is 16.5 Å². The third kappa shape index (κ3) is 2.96. The Hall–Kier alpha value is -1.95.